The summed E-state index contributed by atoms with van der Waals surface area (Å²) >= 11 is 5.84. The molecule has 0 heterocycles. The number of carbonyl (C=O) groups excluding carboxylic acids is 1. The molecule has 19 heavy (non-hydrogen) atoms. The van der Waals surface area contributed by atoms with Gasteiger partial charge in [-0.1, -0.05) is 48.5 Å². The fraction of sp³-hybridized carbons (Fsp3) is 0.235. The summed E-state index contributed by atoms with van der Waals surface area (Å²) in [4.78, 5) is 11.8. The maximum atomic E-state index is 11.8. The number of fused-ring (bicyclic) bond motifs is 1. The van der Waals surface area contributed by atoms with E-state index >= 15 is 0 Å². The molecular formula is C17H13ClO. The van der Waals surface area contributed by atoms with Crippen LogP contribution in [0.2, 0.25) is 0 Å². The predicted octanol–water partition coefficient (Wildman–Crippen LogP) is 4.05. The van der Waals surface area contributed by atoms with Crippen LogP contribution in [0.3, 0.4) is 0 Å². The van der Waals surface area contributed by atoms with Crippen LogP contribution in [-0.4, -0.2) is 5.24 Å². The number of carbonyl (C=O) groups is 1. The lowest BCUT2D eigenvalue weighted by molar-refractivity contribution is -0.116. The average molecular weight is 269 g/mol. The number of rotatable bonds is 1. The molecule has 2 bridgehead atoms. The van der Waals surface area contributed by atoms with Gasteiger partial charge in [0.25, 0.3) is 0 Å². The molecule has 1 unspecified atom stereocenters. The van der Waals surface area contributed by atoms with Crippen molar-refractivity contribution in [2.75, 3.05) is 0 Å². The van der Waals surface area contributed by atoms with E-state index in [1.807, 2.05) is 0 Å². The van der Waals surface area contributed by atoms with Gasteiger partial charge in [0.05, 0.1) is 0 Å². The van der Waals surface area contributed by atoms with Crippen molar-refractivity contribution in [2.45, 2.75) is 18.3 Å². The monoisotopic (exact) mass is 268 g/mol. The Bertz CT molecular complexity index is 629. The van der Waals surface area contributed by atoms with Gasteiger partial charge in [-0.25, -0.2) is 0 Å². The van der Waals surface area contributed by atoms with Gasteiger partial charge in [0.2, 0.25) is 5.24 Å². The highest BCUT2D eigenvalue weighted by Crippen LogP contribution is 2.55. The summed E-state index contributed by atoms with van der Waals surface area (Å²) < 4.78 is 0. The molecule has 0 saturated heterocycles. The molecule has 2 heteroatoms. The average Bonchev–Trinajstić information content (AvgIpc) is 2.47. The minimum atomic E-state index is -0.195. The Hall–Kier alpha value is -1.60. The first-order valence-corrected chi connectivity index (χ1v) is 7.02. The lowest BCUT2D eigenvalue weighted by atomic mass is 9.59. The van der Waals surface area contributed by atoms with E-state index in [1.54, 1.807) is 0 Å². The molecule has 1 atom stereocenters. The highest BCUT2D eigenvalue weighted by molar-refractivity contribution is 6.64. The van der Waals surface area contributed by atoms with Gasteiger partial charge < -0.3 is 0 Å². The predicted molar refractivity (Wildman–Crippen MR) is 75.5 cm³/mol. The van der Waals surface area contributed by atoms with Crippen molar-refractivity contribution in [3.8, 4) is 0 Å². The molecule has 0 spiro atoms. The lowest BCUT2D eigenvalue weighted by Crippen LogP contribution is -2.34. The first-order chi connectivity index (χ1) is 9.27. The summed E-state index contributed by atoms with van der Waals surface area (Å²) in [6, 6.07) is 17.0. The minimum Gasteiger partial charge on any atom is -0.281 e. The molecule has 0 N–H and O–H groups in total. The van der Waals surface area contributed by atoms with Crippen LogP contribution in [0.5, 0.6) is 0 Å². The molecule has 0 aromatic heterocycles. The largest absolute Gasteiger partial charge is 0.281 e. The minimum absolute atomic E-state index is 0.0727. The van der Waals surface area contributed by atoms with Crippen molar-refractivity contribution in [1.82, 2.24) is 0 Å². The quantitative estimate of drug-likeness (QED) is 0.713. The second kappa shape index (κ2) is 3.94. The van der Waals surface area contributed by atoms with Crippen LogP contribution >= 0.6 is 11.6 Å². The van der Waals surface area contributed by atoms with Gasteiger partial charge in [0.15, 0.2) is 0 Å². The fourth-order valence-corrected chi connectivity index (χ4v) is 4.07. The summed E-state index contributed by atoms with van der Waals surface area (Å²) in [5.74, 6) is 0.393. The van der Waals surface area contributed by atoms with Gasteiger partial charge >= 0.3 is 0 Å². The Labute approximate surface area is 117 Å². The summed E-state index contributed by atoms with van der Waals surface area (Å²) in [6.45, 7) is 0. The van der Waals surface area contributed by atoms with Crippen molar-refractivity contribution < 1.29 is 4.79 Å². The van der Waals surface area contributed by atoms with Crippen LogP contribution < -0.4 is 0 Å². The van der Waals surface area contributed by atoms with Crippen LogP contribution in [0.25, 0.3) is 0 Å². The van der Waals surface area contributed by atoms with E-state index in [9.17, 15) is 4.79 Å². The van der Waals surface area contributed by atoms with E-state index in [4.69, 9.17) is 11.6 Å². The van der Waals surface area contributed by atoms with Gasteiger partial charge in [-0.2, -0.15) is 0 Å². The Morgan fingerprint density at radius 2 is 1.37 bits per heavy atom. The third-order valence-electron chi connectivity index (χ3n) is 4.60. The van der Waals surface area contributed by atoms with Crippen LogP contribution in [0.1, 0.15) is 40.5 Å². The van der Waals surface area contributed by atoms with Gasteiger partial charge in [0, 0.05) is 17.8 Å². The van der Waals surface area contributed by atoms with Crippen molar-refractivity contribution >= 4 is 16.8 Å². The smallest absolute Gasteiger partial charge is 0.225 e. The molecule has 3 aliphatic rings. The lowest BCUT2D eigenvalue weighted by Gasteiger charge is -2.44. The normalized spacial score (nSPS) is 26.7. The van der Waals surface area contributed by atoms with Crippen LogP contribution in [0, 0.1) is 5.92 Å². The zero-order chi connectivity index (χ0) is 13.0. The second-order valence-corrected chi connectivity index (χ2v) is 5.81. The molecule has 3 aliphatic carbocycles. The standard InChI is InChI=1S/C17H13ClO/c18-17(19)15-9-14-10-5-1-3-7-12(10)16(15)13-8-4-2-6-11(13)14/h1-8,14-16H,9H2. The molecule has 0 amide bonds. The molecule has 0 saturated carbocycles. The Balaban J connectivity index is 2.01. The molecule has 2 aromatic rings. The van der Waals surface area contributed by atoms with E-state index in [0.717, 1.165) is 6.42 Å². The number of hydrogen-bond donors (Lipinski definition) is 0. The molecule has 5 rings (SSSR count). The maximum absolute atomic E-state index is 11.8. The van der Waals surface area contributed by atoms with Crippen molar-refractivity contribution in [3.05, 3.63) is 70.8 Å². The summed E-state index contributed by atoms with van der Waals surface area (Å²) in [6.07, 6.45) is 0.848. The van der Waals surface area contributed by atoms with E-state index in [1.165, 1.54) is 22.3 Å². The van der Waals surface area contributed by atoms with E-state index in [0.29, 0.717) is 5.92 Å². The molecule has 0 fully saturated rings. The highest BCUT2D eigenvalue weighted by atomic mass is 35.5. The van der Waals surface area contributed by atoms with E-state index < -0.39 is 0 Å². The Morgan fingerprint density at radius 3 is 1.84 bits per heavy atom. The third kappa shape index (κ3) is 1.45. The van der Waals surface area contributed by atoms with Crippen LogP contribution in [0.4, 0.5) is 0 Å². The zero-order valence-corrected chi connectivity index (χ0v) is 11.1. The highest BCUT2D eigenvalue weighted by Gasteiger charge is 2.45. The molecule has 0 radical (unpaired) electrons. The Kier molecular flexibility index (Phi) is 2.33. The molecule has 0 aliphatic heterocycles. The Morgan fingerprint density at radius 1 is 0.895 bits per heavy atom. The topological polar surface area (TPSA) is 17.1 Å². The number of halogens is 1. The molecule has 1 nitrogen and oxygen atoms in total. The van der Waals surface area contributed by atoms with Crippen LogP contribution in [-0.2, 0) is 4.79 Å². The summed E-state index contributed by atoms with van der Waals surface area (Å²) in [5, 5.41) is -0.195. The van der Waals surface area contributed by atoms with Crippen molar-refractivity contribution in [1.29, 1.82) is 0 Å². The number of benzene rings is 2. The maximum Gasteiger partial charge on any atom is 0.225 e. The van der Waals surface area contributed by atoms with E-state index in [2.05, 4.69) is 48.5 Å². The molecular weight excluding hydrogens is 256 g/mol. The SMILES string of the molecule is O=C(Cl)C1CC2c3ccccc3C1c1ccccc12. The number of hydrogen-bond acceptors (Lipinski definition) is 1. The van der Waals surface area contributed by atoms with Gasteiger partial charge in [-0.05, 0) is 40.3 Å². The van der Waals surface area contributed by atoms with Gasteiger partial charge in [-0.15, -0.1) is 0 Å². The fourth-order valence-electron chi connectivity index (χ4n) is 3.86. The van der Waals surface area contributed by atoms with Crippen LogP contribution in [0.15, 0.2) is 48.5 Å². The van der Waals surface area contributed by atoms with Gasteiger partial charge in [0.1, 0.15) is 0 Å². The first kappa shape index (κ1) is 11.2. The second-order valence-electron chi connectivity index (χ2n) is 5.43. The molecule has 2 aromatic carbocycles. The summed E-state index contributed by atoms with van der Waals surface area (Å²) in [5.41, 5.74) is 5.33. The first-order valence-electron chi connectivity index (χ1n) is 6.64. The third-order valence-corrected chi connectivity index (χ3v) is 4.88. The van der Waals surface area contributed by atoms with Crippen molar-refractivity contribution in [3.63, 3.8) is 0 Å². The summed E-state index contributed by atoms with van der Waals surface area (Å²) in [7, 11) is 0. The molecule has 94 valence electrons. The van der Waals surface area contributed by atoms with Gasteiger partial charge in [-0.3, -0.25) is 4.79 Å². The van der Waals surface area contributed by atoms with E-state index in [-0.39, 0.29) is 17.1 Å². The zero-order valence-electron chi connectivity index (χ0n) is 10.3. The van der Waals surface area contributed by atoms with Crippen molar-refractivity contribution in [2.24, 2.45) is 5.92 Å².